The third-order valence-electron chi connectivity index (χ3n) is 3.66. The highest BCUT2D eigenvalue weighted by Gasteiger charge is 2.25. The van der Waals surface area contributed by atoms with Crippen LogP contribution in [-0.4, -0.2) is 17.9 Å². The lowest BCUT2D eigenvalue weighted by Crippen LogP contribution is -2.50. The summed E-state index contributed by atoms with van der Waals surface area (Å²) in [6.45, 7) is 0.619. The first kappa shape index (κ1) is 15.5. The van der Waals surface area contributed by atoms with Crippen LogP contribution in [-0.2, 0) is 16.1 Å². The lowest BCUT2D eigenvalue weighted by atomic mass is 10.0. The van der Waals surface area contributed by atoms with Gasteiger partial charge in [0.2, 0.25) is 11.8 Å². The standard InChI is InChI=1S/C16H16N2O2.ClH/c19-15-9-8-14(16(20)18-15)17-10-12-6-3-5-11-4-1-2-7-13(11)12;/h1-7,14,17H,8-10H2,(H,18,19,20);1H. The molecule has 0 aromatic heterocycles. The Balaban J connectivity index is 0.00000161. The maximum atomic E-state index is 11.7. The molecule has 1 aliphatic heterocycles. The minimum absolute atomic E-state index is 0. The number of nitrogens with one attached hydrogen (secondary N) is 2. The van der Waals surface area contributed by atoms with Crippen LogP contribution in [0, 0.1) is 0 Å². The van der Waals surface area contributed by atoms with Crippen LogP contribution in [0.2, 0.25) is 0 Å². The number of halogens is 1. The molecule has 2 amide bonds. The van der Waals surface area contributed by atoms with E-state index in [2.05, 4.69) is 34.9 Å². The number of imide groups is 1. The second kappa shape index (κ2) is 6.70. The Morgan fingerprint density at radius 2 is 1.86 bits per heavy atom. The lowest BCUT2D eigenvalue weighted by molar-refractivity contribution is -0.134. The molecule has 2 aromatic carbocycles. The Hall–Kier alpha value is -1.91. The zero-order chi connectivity index (χ0) is 13.9. The number of benzene rings is 2. The Kier molecular flexibility index (Phi) is 4.94. The molecule has 2 N–H and O–H groups in total. The van der Waals surface area contributed by atoms with E-state index in [1.54, 1.807) is 0 Å². The molecule has 2 aromatic rings. The van der Waals surface area contributed by atoms with Gasteiger partial charge in [0.15, 0.2) is 0 Å². The molecular weight excluding hydrogens is 288 g/mol. The number of rotatable bonds is 3. The first-order valence-corrected chi connectivity index (χ1v) is 6.78. The maximum absolute atomic E-state index is 11.7. The van der Waals surface area contributed by atoms with Gasteiger partial charge in [0.1, 0.15) is 0 Å². The molecule has 110 valence electrons. The van der Waals surface area contributed by atoms with Crippen molar-refractivity contribution in [3.05, 3.63) is 48.0 Å². The summed E-state index contributed by atoms with van der Waals surface area (Å²) < 4.78 is 0. The summed E-state index contributed by atoms with van der Waals surface area (Å²) in [7, 11) is 0. The SMILES string of the molecule is Cl.O=C1CCC(NCc2cccc3ccccc23)C(=O)N1. The van der Waals surface area contributed by atoms with E-state index in [-0.39, 0.29) is 30.3 Å². The maximum Gasteiger partial charge on any atom is 0.243 e. The first-order valence-electron chi connectivity index (χ1n) is 6.78. The molecule has 0 bridgehead atoms. The van der Waals surface area contributed by atoms with Crippen molar-refractivity contribution in [1.29, 1.82) is 0 Å². The zero-order valence-electron chi connectivity index (χ0n) is 11.5. The van der Waals surface area contributed by atoms with E-state index in [0.717, 1.165) is 5.56 Å². The highest BCUT2D eigenvalue weighted by atomic mass is 35.5. The summed E-state index contributed by atoms with van der Waals surface area (Å²) in [5.74, 6) is -0.403. The average molecular weight is 305 g/mol. The Morgan fingerprint density at radius 1 is 1.10 bits per heavy atom. The summed E-state index contributed by atoms with van der Waals surface area (Å²) in [5.41, 5.74) is 1.16. The van der Waals surface area contributed by atoms with Gasteiger partial charge in [-0.05, 0) is 22.8 Å². The van der Waals surface area contributed by atoms with E-state index in [1.807, 2.05) is 18.2 Å². The molecule has 1 fully saturated rings. The number of fused-ring (bicyclic) bond motifs is 1. The minimum atomic E-state index is -0.285. The molecule has 1 aliphatic rings. The molecule has 1 unspecified atom stereocenters. The highest BCUT2D eigenvalue weighted by Crippen LogP contribution is 2.18. The van der Waals surface area contributed by atoms with E-state index in [9.17, 15) is 9.59 Å². The van der Waals surface area contributed by atoms with Crippen molar-refractivity contribution < 1.29 is 9.59 Å². The van der Waals surface area contributed by atoms with Crippen LogP contribution in [0.25, 0.3) is 10.8 Å². The van der Waals surface area contributed by atoms with Gasteiger partial charge >= 0.3 is 0 Å². The number of carbonyl (C=O) groups excluding carboxylic acids is 2. The van der Waals surface area contributed by atoms with Crippen molar-refractivity contribution in [2.75, 3.05) is 0 Å². The molecule has 0 saturated carbocycles. The molecule has 21 heavy (non-hydrogen) atoms. The molecule has 0 spiro atoms. The summed E-state index contributed by atoms with van der Waals surface area (Å²) in [4.78, 5) is 22.8. The fourth-order valence-electron chi connectivity index (χ4n) is 2.57. The van der Waals surface area contributed by atoms with Crippen LogP contribution in [0.4, 0.5) is 0 Å². The van der Waals surface area contributed by atoms with Gasteiger partial charge in [0.05, 0.1) is 6.04 Å². The first-order chi connectivity index (χ1) is 9.74. The fraction of sp³-hybridized carbons (Fsp3) is 0.250. The molecule has 1 saturated heterocycles. The van der Waals surface area contributed by atoms with Gasteiger partial charge in [-0.3, -0.25) is 14.9 Å². The van der Waals surface area contributed by atoms with Crippen LogP contribution in [0.3, 0.4) is 0 Å². The molecule has 5 heteroatoms. The summed E-state index contributed by atoms with van der Waals surface area (Å²) in [6.07, 6.45) is 0.967. The van der Waals surface area contributed by atoms with E-state index < -0.39 is 0 Å². The number of hydrogen-bond acceptors (Lipinski definition) is 3. The predicted octanol–water partition coefficient (Wildman–Crippen LogP) is 2.16. The predicted molar refractivity (Wildman–Crippen MR) is 84.2 cm³/mol. The van der Waals surface area contributed by atoms with Gasteiger partial charge in [-0.15, -0.1) is 12.4 Å². The average Bonchev–Trinajstić information content (AvgIpc) is 2.46. The topological polar surface area (TPSA) is 58.2 Å². The molecule has 0 aliphatic carbocycles. The van der Waals surface area contributed by atoms with Crippen molar-refractivity contribution in [2.24, 2.45) is 0 Å². The van der Waals surface area contributed by atoms with Crippen molar-refractivity contribution in [3.8, 4) is 0 Å². The van der Waals surface area contributed by atoms with Crippen LogP contribution in [0.1, 0.15) is 18.4 Å². The zero-order valence-corrected chi connectivity index (χ0v) is 12.3. The van der Waals surface area contributed by atoms with Gasteiger partial charge < -0.3 is 5.32 Å². The molecule has 3 rings (SSSR count). The van der Waals surface area contributed by atoms with Crippen LogP contribution in [0.5, 0.6) is 0 Å². The van der Waals surface area contributed by atoms with Gasteiger partial charge in [0, 0.05) is 13.0 Å². The summed E-state index contributed by atoms with van der Waals surface area (Å²) in [6, 6.07) is 14.0. The molecular formula is C16H17ClN2O2. The quantitative estimate of drug-likeness (QED) is 0.854. The molecule has 1 atom stereocenters. The van der Waals surface area contributed by atoms with E-state index >= 15 is 0 Å². The van der Waals surface area contributed by atoms with Crippen LogP contribution < -0.4 is 10.6 Å². The second-order valence-corrected chi connectivity index (χ2v) is 5.02. The monoisotopic (exact) mass is 304 g/mol. The molecule has 1 heterocycles. The van der Waals surface area contributed by atoms with Crippen LogP contribution in [0.15, 0.2) is 42.5 Å². The van der Waals surface area contributed by atoms with Crippen molar-refractivity contribution in [2.45, 2.75) is 25.4 Å². The lowest BCUT2D eigenvalue weighted by Gasteiger charge is -2.22. The van der Waals surface area contributed by atoms with E-state index in [0.29, 0.717) is 19.4 Å². The third kappa shape index (κ3) is 3.40. The van der Waals surface area contributed by atoms with E-state index in [4.69, 9.17) is 0 Å². The van der Waals surface area contributed by atoms with Gasteiger partial charge in [-0.1, -0.05) is 42.5 Å². The Morgan fingerprint density at radius 3 is 2.67 bits per heavy atom. The normalized spacial score (nSPS) is 18.2. The fourth-order valence-corrected chi connectivity index (χ4v) is 2.57. The highest BCUT2D eigenvalue weighted by molar-refractivity contribution is 6.00. The number of piperidine rings is 1. The number of hydrogen-bond donors (Lipinski definition) is 2. The Bertz CT molecular complexity index is 667. The van der Waals surface area contributed by atoms with Gasteiger partial charge in [-0.2, -0.15) is 0 Å². The third-order valence-corrected chi connectivity index (χ3v) is 3.66. The molecule has 0 radical (unpaired) electrons. The number of amides is 2. The van der Waals surface area contributed by atoms with Crippen molar-refractivity contribution in [1.82, 2.24) is 10.6 Å². The summed E-state index contributed by atoms with van der Waals surface area (Å²) in [5, 5.41) is 7.98. The van der Waals surface area contributed by atoms with Crippen molar-refractivity contribution in [3.63, 3.8) is 0 Å². The smallest absolute Gasteiger partial charge is 0.243 e. The second-order valence-electron chi connectivity index (χ2n) is 5.02. The summed E-state index contributed by atoms with van der Waals surface area (Å²) >= 11 is 0. The van der Waals surface area contributed by atoms with Gasteiger partial charge in [0.25, 0.3) is 0 Å². The van der Waals surface area contributed by atoms with Gasteiger partial charge in [-0.25, -0.2) is 0 Å². The minimum Gasteiger partial charge on any atom is -0.302 e. The number of carbonyl (C=O) groups is 2. The largest absolute Gasteiger partial charge is 0.302 e. The molecule has 4 nitrogen and oxygen atoms in total. The van der Waals surface area contributed by atoms with Crippen molar-refractivity contribution >= 4 is 35.0 Å². The Labute approximate surface area is 129 Å². The van der Waals surface area contributed by atoms with E-state index in [1.165, 1.54) is 10.8 Å². The van der Waals surface area contributed by atoms with Crippen LogP contribution >= 0.6 is 12.4 Å².